The largest absolute Gasteiger partial charge is 0.480 e. The van der Waals surface area contributed by atoms with Crippen LogP contribution in [0.25, 0.3) is 0 Å². The Balaban J connectivity index is 2.09. The molecule has 0 aromatic carbocycles. The maximum Gasteiger partial charge on any atom is 0.325 e. The van der Waals surface area contributed by atoms with E-state index in [0.29, 0.717) is 31.6 Å². The number of rotatable bonds is 4. The number of likely N-dealkylation sites (tertiary alicyclic amines) is 1. The van der Waals surface area contributed by atoms with Crippen LogP contribution in [0.4, 0.5) is 0 Å². The molecule has 4 heteroatoms. The highest BCUT2D eigenvalue weighted by Crippen LogP contribution is 2.37. The summed E-state index contributed by atoms with van der Waals surface area (Å²) in [6.45, 7) is 2.99. The molecule has 2 rings (SSSR count). The van der Waals surface area contributed by atoms with E-state index in [1.54, 1.807) is 0 Å². The van der Waals surface area contributed by atoms with E-state index in [4.69, 9.17) is 6.42 Å². The molecule has 0 amide bonds. The molecular formula is C12H18N2O2. The van der Waals surface area contributed by atoms with Gasteiger partial charge < -0.3 is 5.11 Å². The van der Waals surface area contributed by atoms with Crippen molar-refractivity contribution in [2.45, 2.75) is 43.8 Å². The zero-order valence-corrected chi connectivity index (χ0v) is 9.57. The molecule has 2 atom stereocenters. The summed E-state index contributed by atoms with van der Waals surface area (Å²) in [4.78, 5) is 13.7. The highest BCUT2D eigenvalue weighted by atomic mass is 16.4. The third kappa shape index (κ3) is 1.93. The Bertz CT molecular complexity index is 332. The van der Waals surface area contributed by atoms with Gasteiger partial charge in [0.25, 0.3) is 0 Å². The third-order valence-corrected chi connectivity index (χ3v) is 3.62. The van der Waals surface area contributed by atoms with E-state index in [2.05, 4.69) is 23.1 Å². The third-order valence-electron chi connectivity index (χ3n) is 3.62. The number of carboxylic acid groups (broad SMARTS) is 1. The molecule has 1 aliphatic heterocycles. The number of carboxylic acids is 1. The van der Waals surface area contributed by atoms with Crippen molar-refractivity contribution in [1.82, 2.24) is 10.2 Å². The van der Waals surface area contributed by atoms with Crippen molar-refractivity contribution in [2.75, 3.05) is 13.1 Å². The summed E-state index contributed by atoms with van der Waals surface area (Å²) < 4.78 is 0. The van der Waals surface area contributed by atoms with Gasteiger partial charge in [-0.1, -0.05) is 5.92 Å². The van der Waals surface area contributed by atoms with Gasteiger partial charge in [-0.2, -0.15) is 0 Å². The molecule has 1 saturated carbocycles. The lowest BCUT2D eigenvalue weighted by atomic mass is 9.96. The fourth-order valence-corrected chi connectivity index (χ4v) is 2.63. The van der Waals surface area contributed by atoms with Crippen LogP contribution in [0.3, 0.4) is 0 Å². The van der Waals surface area contributed by atoms with Crippen LogP contribution in [0.2, 0.25) is 0 Å². The summed E-state index contributed by atoms with van der Waals surface area (Å²) >= 11 is 0. The van der Waals surface area contributed by atoms with E-state index in [0.717, 1.165) is 0 Å². The van der Waals surface area contributed by atoms with Crippen molar-refractivity contribution in [3.63, 3.8) is 0 Å². The van der Waals surface area contributed by atoms with Gasteiger partial charge in [0.2, 0.25) is 0 Å². The van der Waals surface area contributed by atoms with E-state index < -0.39 is 11.5 Å². The van der Waals surface area contributed by atoms with Gasteiger partial charge in [0.05, 0.1) is 6.54 Å². The van der Waals surface area contributed by atoms with Crippen LogP contribution < -0.4 is 5.32 Å². The van der Waals surface area contributed by atoms with Gasteiger partial charge in [0.1, 0.15) is 5.54 Å². The van der Waals surface area contributed by atoms with Gasteiger partial charge in [0, 0.05) is 18.6 Å². The molecule has 0 aromatic rings. The highest BCUT2D eigenvalue weighted by Gasteiger charge is 2.51. The van der Waals surface area contributed by atoms with Gasteiger partial charge in [-0.25, -0.2) is 0 Å². The lowest BCUT2D eigenvalue weighted by Crippen LogP contribution is -2.54. The van der Waals surface area contributed by atoms with Crippen LogP contribution in [-0.4, -0.2) is 46.7 Å². The van der Waals surface area contributed by atoms with Gasteiger partial charge in [-0.15, -0.1) is 6.42 Å². The van der Waals surface area contributed by atoms with Gasteiger partial charge >= 0.3 is 5.97 Å². The monoisotopic (exact) mass is 222 g/mol. The Morgan fingerprint density at radius 1 is 1.69 bits per heavy atom. The Morgan fingerprint density at radius 2 is 2.38 bits per heavy atom. The lowest BCUT2D eigenvalue weighted by Gasteiger charge is -2.25. The van der Waals surface area contributed by atoms with Crippen LogP contribution >= 0.6 is 0 Å². The molecule has 2 aliphatic rings. The van der Waals surface area contributed by atoms with Crippen molar-refractivity contribution in [1.29, 1.82) is 0 Å². The fourth-order valence-electron chi connectivity index (χ4n) is 2.63. The minimum Gasteiger partial charge on any atom is -0.480 e. The standard InChI is InChI=1S/C12H18N2O2/c1-3-6-13-12(11(15)16)7-9(2)14(8-12)10-4-5-10/h1,9-10,13H,4-8H2,2H3,(H,15,16). The first kappa shape index (κ1) is 11.4. The smallest absolute Gasteiger partial charge is 0.325 e. The number of terminal acetylenes is 1. The molecule has 1 heterocycles. The molecule has 2 fully saturated rings. The Morgan fingerprint density at radius 3 is 2.88 bits per heavy atom. The van der Waals surface area contributed by atoms with Crippen LogP contribution in [0.15, 0.2) is 0 Å². The van der Waals surface area contributed by atoms with Gasteiger partial charge in [-0.05, 0) is 26.2 Å². The first-order chi connectivity index (χ1) is 7.59. The number of hydrogen-bond acceptors (Lipinski definition) is 3. The molecule has 2 N–H and O–H groups in total. The van der Waals surface area contributed by atoms with Crippen molar-refractivity contribution < 1.29 is 9.90 Å². The molecule has 4 nitrogen and oxygen atoms in total. The first-order valence-corrected chi connectivity index (χ1v) is 5.77. The van der Waals surface area contributed by atoms with Crippen molar-refractivity contribution in [3.05, 3.63) is 0 Å². The predicted molar refractivity (Wildman–Crippen MR) is 61.0 cm³/mol. The Kier molecular flexibility index (Phi) is 2.92. The summed E-state index contributed by atoms with van der Waals surface area (Å²) in [6.07, 6.45) is 8.23. The molecular weight excluding hydrogens is 204 g/mol. The van der Waals surface area contributed by atoms with Crippen molar-refractivity contribution in [3.8, 4) is 12.3 Å². The average molecular weight is 222 g/mol. The molecule has 88 valence electrons. The van der Waals surface area contributed by atoms with Gasteiger partial charge in [0.15, 0.2) is 0 Å². The summed E-state index contributed by atoms with van der Waals surface area (Å²) in [5, 5.41) is 12.4. The molecule has 0 spiro atoms. The zero-order valence-electron chi connectivity index (χ0n) is 9.57. The SMILES string of the molecule is C#CCNC1(C(=O)O)CC(C)N(C2CC2)C1. The maximum absolute atomic E-state index is 11.4. The topological polar surface area (TPSA) is 52.6 Å². The quantitative estimate of drug-likeness (QED) is 0.671. The number of aliphatic carboxylic acids is 1. The molecule has 2 unspecified atom stereocenters. The highest BCUT2D eigenvalue weighted by molar-refractivity contribution is 5.80. The van der Waals surface area contributed by atoms with E-state index in [1.807, 2.05) is 0 Å². The summed E-state index contributed by atoms with van der Waals surface area (Å²) in [5.74, 6) is 1.68. The van der Waals surface area contributed by atoms with E-state index in [9.17, 15) is 9.90 Å². The molecule has 0 bridgehead atoms. The first-order valence-electron chi connectivity index (χ1n) is 5.77. The second kappa shape index (κ2) is 4.08. The zero-order chi connectivity index (χ0) is 11.8. The summed E-state index contributed by atoms with van der Waals surface area (Å²) in [5.41, 5.74) is -0.839. The van der Waals surface area contributed by atoms with Crippen LogP contribution in [-0.2, 0) is 4.79 Å². The number of hydrogen-bond donors (Lipinski definition) is 2. The van der Waals surface area contributed by atoms with Crippen molar-refractivity contribution in [2.24, 2.45) is 0 Å². The van der Waals surface area contributed by atoms with E-state index in [-0.39, 0.29) is 0 Å². The number of nitrogens with one attached hydrogen (secondary N) is 1. The Hall–Kier alpha value is -1.05. The normalized spacial score (nSPS) is 34.9. The molecule has 16 heavy (non-hydrogen) atoms. The number of nitrogens with zero attached hydrogens (tertiary/aromatic N) is 1. The minimum absolute atomic E-state index is 0.317. The fraction of sp³-hybridized carbons (Fsp3) is 0.750. The van der Waals surface area contributed by atoms with Crippen LogP contribution in [0.1, 0.15) is 26.2 Å². The van der Waals surface area contributed by atoms with E-state index in [1.165, 1.54) is 12.8 Å². The minimum atomic E-state index is -0.839. The second-order valence-electron chi connectivity index (χ2n) is 4.90. The summed E-state index contributed by atoms with van der Waals surface area (Å²) in [7, 11) is 0. The predicted octanol–water partition coefficient (Wildman–Crippen LogP) is 0.289. The van der Waals surface area contributed by atoms with Gasteiger partial charge in [-0.3, -0.25) is 15.0 Å². The Labute approximate surface area is 96.0 Å². The van der Waals surface area contributed by atoms with Crippen molar-refractivity contribution >= 4 is 5.97 Å². The summed E-state index contributed by atoms with van der Waals surface area (Å²) in [6, 6.07) is 0.928. The van der Waals surface area contributed by atoms with Crippen LogP contribution in [0.5, 0.6) is 0 Å². The molecule has 1 saturated heterocycles. The van der Waals surface area contributed by atoms with E-state index >= 15 is 0 Å². The average Bonchev–Trinajstić information content (AvgIpc) is 3.01. The lowest BCUT2D eigenvalue weighted by molar-refractivity contribution is -0.144. The molecule has 0 radical (unpaired) electrons. The maximum atomic E-state index is 11.4. The number of carbonyl (C=O) groups is 1. The van der Waals surface area contributed by atoms with Crippen LogP contribution in [0, 0.1) is 12.3 Å². The molecule has 1 aliphatic carbocycles. The molecule has 0 aromatic heterocycles. The second-order valence-corrected chi connectivity index (χ2v) is 4.90.